The minimum atomic E-state index is 0.923. The summed E-state index contributed by atoms with van der Waals surface area (Å²) in [6.45, 7) is 5.05. The Kier molecular flexibility index (Phi) is 3.24. The summed E-state index contributed by atoms with van der Waals surface area (Å²) in [5.41, 5.74) is 0. The van der Waals surface area contributed by atoms with Crippen LogP contribution in [0.3, 0.4) is 0 Å². The molecule has 0 radical (unpaired) electrons. The number of hydrogen-bond acceptors (Lipinski definition) is 1. The predicted octanol–water partition coefficient (Wildman–Crippen LogP) is 3.45. The van der Waals surface area contributed by atoms with E-state index in [9.17, 15) is 0 Å². The van der Waals surface area contributed by atoms with Crippen LogP contribution in [0.25, 0.3) is 0 Å². The van der Waals surface area contributed by atoms with Crippen molar-refractivity contribution < 1.29 is 0 Å². The van der Waals surface area contributed by atoms with Crippen LogP contribution in [0.15, 0.2) is 0 Å². The molecular formula is C15H27N. The minimum absolute atomic E-state index is 0.923. The molecule has 16 heavy (non-hydrogen) atoms. The molecule has 0 aromatic rings. The van der Waals surface area contributed by atoms with Gasteiger partial charge in [-0.2, -0.15) is 0 Å². The van der Waals surface area contributed by atoms with E-state index >= 15 is 0 Å². The molecule has 0 amide bonds. The lowest BCUT2D eigenvalue weighted by Crippen LogP contribution is -2.25. The van der Waals surface area contributed by atoms with Gasteiger partial charge in [-0.1, -0.05) is 32.6 Å². The Hall–Kier alpha value is -0.0400. The van der Waals surface area contributed by atoms with Gasteiger partial charge in [-0.3, -0.25) is 0 Å². The SMILES string of the molecule is CC1CNCCC2CCCCC3CC3CC12. The molecule has 0 aromatic heterocycles. The quantitative estimate of drug-likeness (QED) is 0.660. The smallest absolute Gasteiger partial charge is 0.00204 e. The molecule has 5 atom stereocenters. The van der Waals surface area contributed by atoms with Crippen LogP contribution in [0, 0.1) is 29.6 Å². The third-order valence-electron chi connectivity index (χ3n) is 5.54. The van der Waals surface area contributed by atoms with E-state index in [1.54, 1.807) is 19.3 Å². The molecule has 1 heterocycles. The van der Waals surface area contributed by atoms with E-state index in [0.717, 1.165) is 29.6 Å². The number of rotatable bonds is 0. The van der Waals surface area contributed by atoms with Crippen molar-refractivity contribution in [2.45, 2.75) is 51.9 Å². The Morgan fingerprint density at radius 2 is 1.69 bits per heavy atom. The topological polar surface area (TPSA) is 12.0 Å². The number of fused-ring (bicyclic) bond motifs is 2. The Labute approximate surface area is 100 Å². The third-order valence-corrected chi connectivity index (χ3v) is 5.54. The van der Waals surface area contributed by atoms with E-state index in [1.165, 1.54) is 38.8 Å². The molecule has 0 spiro atoms. The molecule has 1 nitrogen and oxygen atoms in total. The van der Waals surface area contributed by atoms with Crippen LogP contribution in [0.1, 0.15) is 51.9 Å². The van der Waals surface area contributed by atoms with Crippen molar-refractivity contribution in [3.63, 3.8) is 0 Å². The van der Waals surface area contributed by atoms with Gasteiger partial charge in [0, 0.05) is 0 Å². The second-order valence-corrected chi connectivity index (χ2v) is 6.67. The molecule has 1 saturated heterocycles. The van der Waals surface area contributed by atoms with Gasteiger partial charge in [0.15, 0.2) is 0 Å². The number of hydrogen-bond donors (Lipinski definition) is 1. The Morgan fingerprint density at radius 3 is 2.56 bits per heavy atom. The van der Waals surface area contributed by atoms with E-state index in [-0.39, 0.29) is 0 Å². The van der Waals surface area contributed by atoms with E-state index in [2.05, 4.69) is 12.2 Å². The first kappa shape index (κ1) is 11.1. The number of nitrogens with one attached hydrogen (secondary N) is 1. The highest BCUT2D eigenvalue weighted by Gasteiger charge is 2.41. The van der Waals surface area contributed by atoms with Gasteiger partial charge >= 0.3 is 0 Å². The fourth-order valence-corrected chi connectivity index (χ4v) is 4.35. The lowest BCUT2D eigenvalue weighted by molar-refractivity contribution is 0.214. The zero-order chi connectivity index (χ0) is 11.0. The van der Waals surface area contributed by atoms with Crippen LogP contribution in [0.5, 0.6) is 0 Å². The van der Waals surface area contributed by atoms with Gasteiger partial charge in [0.2, 0.25) is 0 Å². The van der Waals surface area contributed by atoms with Crippen molar-refractivity contribution >= 4 is 0 Å². The first-order valence-electron chi connectivity index (χ1n) is 7.55. The van der Waals surface area contributed by atoms with Crippen molar-refractivity contribution in [1.82, 2.24) is 5.32 Å². The molecule has 1 N–H and O–H groups in total. The fraction of sp³-hybridized carbons (Fsp3) is 1.00. The van der Waals surface area contributed by atoms with Gasteiger partial charge in [-0.15, -0.1) is 0 Å². The summed E-state index contributed by atoms with van der Waals surface area (Å²) in [7, 11) is 0. The summed E-state index contributed by atoms with van der Waals surface area (Å²) in [5, 5.41) is 3.64. The van der Waals surface area contributed by atoms with Crippen LogP contribution in [0.4, 0.5) is 0 Å². The van der Waals surface area contributed by atoms with E-state index in [4.69, 9.17) is 0 Å². The largest absolute Gasteiger partial charge is 0.316 e. The van der Waals surface area contributed by atoms with Gasteiger partial charge in [-0.25, -0.2) is 0 Å². The van der Waals surface area contributed by atoms with Crippen LogP contribution in [0.2, 0.25) is 0 Å². The van der Waals surface area contributed by atoms with Crippen LogP contribution in [-0.2, 0) is 0 Å². The summed E-state index contributed by atoms with van der Waals surface area (Å²) in [4.78, 5) is 0. The summed E-state index contributed by atoms with van der Waals surface area (Å²) in [6.07, 6.45) is 10.7. The highest BCUT2D eigenvalue weighted by molar-refractivity contribution is 4.92. The Morgan fingerprint density at radius 1 is 0.875 bits per heavy atom. The molecule has 92 valence electrons. The average Bonchev–Trinajstić information content (AvgIpc) is 3.03. The zero-order valence-electron chi connectivity index (χ0n) is 10.8. The maximum Gasteiger partial charge on any atom is -0.00204 e. The standard InChI is InChI=1S/C15H27N/c1-11-10-16-7-6-12-4-2-3-5-13-8-14(13)9-15(11)12/h11-16H,2-10H2,1H3. The fourth-order valence-electron chi connectivity index (χ4n) is 4.35. The average molecular weight is 221 g/mol. The molecule has 2 aliphatic carbocycles. The molecule has 0 aromatic carbocycles. The summed E-state index contributed by atoms with van der Waals surface area (Å²) in [6, 6.07) is 0. The summed E-state index contributed by atoms with van der Waals surface area (Å²) in [5.74, 6) is 5.28. The minimum Gasteiger partial charge on any atom is -0.316 e. The second-order valence-electron chi connectivity index (χ2n) is 6.67. The van der Waals surface area contributed by atoms with Crippen molar-refractivity contribution in [1.29, 1.82) is 0 Å². The predicted molar refractivity (Wildman–Crippen MR) is 68.3 cm³/mol. The van der Waals surface area contributed by atoms with Gasteiger partial charge in [0.1, 0.15) is 0 Å². The van der Waals surface area contributed by atoms with Gasteiger partial charge in [0.25, 0.3) is 0 Å². The van der Waals surface area contributed by atoms with Crippen LogP contribution >= 0.6 is 0 Å². The van der Waals surface area contributed by atoms with E-state index in [0.29, 0.717) is 0 Å². The van der Waals surface area contributed by atoms with E-state index in [1.807, 2.05) is 0 Å². The summed E-state index contributed by atoms with van der Waals surface area (Å²) >= 11 is 0. The maximum atomic E-state index is 3.64. The molecular weight excluding hydrogens is 194 g/mol. The lowest BCUT2D eigenvalue weighted by atomic mass is 9.76. The first-order chi connectivity index (χ1) is 7.84. The van der Waals surface area contributed by atoms with Crippen molar-refractivity contribution in [2.24, 2.45) is 29.6 Å². The van der Waals surface area contributed by atoms with Crippen LogP contribution < -0.4 is 5.32 Å². The Bertz CT molecular complexity index is 238. The lowest BCUT2D eigenvalue weighted by Gasteiger charge is -2.29. The highest BCUT2D eigenvalue weighted by Crippen LogP contribution is 2.50. The molecule has 3 aliphatic rings. The molecule has 2 saturated carbocycles. The normalized spacial score (nSPS) is 48.9. The molecule has 3 fully saturated rings. The Balaban J connectivity index is 1.72. The monoisotopic (exact) mass is 221 g/mol. The first-order valence-corrected chi connectivity index (χ1v) is 7.55. The molecule has 3 rings (SSSR count). The van der Waals surface area contributed by atoms with Crippen molar-refractivity contribution in [3.05, 3.63) is 0 Å². The van der Waals surface area contributed by atoms with Crippen molar-refractivity contribution in [2.75, 3.05) is 13.1 Å². The summed E-state index contributed by atoms with van der Waals surface area (Å²) < 4.78 is 0. The van der Waals surface area contributed by atoms with E-state index < -0.39 is 0 Å². The third kappa shape index (κ3) is 2.30. The highest BCUT2D eigenvalue weighted by atomic mass is 14.9. The van der Waals surface area contributed by atoms with Crippen LogP contribution in [-0.4, -0.2) is 13.1 Å². The molecule has 0 bridgehead atoms. The molecule has 1 heteroatoms. The zero-order valence-corrected chi connectivity index (χ0v) is 10.8. The molecule has 1 aliphatic heterocycles. The second kappa shape index (κ2) is 4.68. The van der Waals surface area contributed by atoms with Crippen molar-refractivity contribution in [3.8, 4) is 0 Å². The maximum absolute atomic E-state index is 3.64. The van der Waals surface area contributed by atoms with Gasteiger partial charge < -0.3 is 5.32 Å². The van der Waals surface area contributed by atoms with Gasteiger partial charge in [-0.05, 0) is 61.9 Å². The van der Waals surface area contributed by atoms with Gasteiger partial charge in [0.05, 0.1) is 0 Å². The molecule has 5 unspecified atom stereocenters.